The Hall–Kier alpha value is -2.80. The minimum Gasteiger partial charge on any atom is -0.492 e. The van der Waals surface area contributed by atoms with Crippen LogP contribution in [0.3, 0.4) is 0 Å². The number of ether oxygens (including phenoxy) is 2. The lowest BCUT2D eigenvalue weighted by atomic mass is 9.88. The predicted molar refractivity (Wildman–Crippen MR) is 95.9 cm³/mol. The molecule has 2 aromatic rings. The van der Waals surface area contributed by atoms with E-state index in [2.05, 4.69) is 20.9 Å². The number of pyridine rings is 1. The van der Waals surface area contributed by atoms with E-state index in [4.69, 9.17) is 9.47 Å². The molecule has 0 aliphatic heterocycles. The first kappa shape index (κ1) is 18.0. The Morgan fingerprint density at radius 1 is 1.12 bits per heavy atom. The number of halogens is 1. The number of fused-ring (bicyclic) bond motifs is 1. The van der Waals surface area contributed by atoms with E-state index >= 15 is 0 Å². The maximum Gasteiger partial charge on any atom is 0.338 e. The molecule has 1 heterocycles. The molecule has 1 aliphatic rings. The zero-order valence-corrected chi connectivity index (χ0v) is 15.6. The van der Waals surface area contributed by atoms with Crippen molar-refractivity contribution in [2.45, 2.75) is 13.5 Å². The van der Waals surface area contributed by atoms with Crippen LogP contribution in [0.2, 0.25) is 0 Å². The summed E-state index contributed by atoms with van der Waals surface area (Å²) in [5, 5.41) is 0. The molecule has 26 heavy (non-hydrogen) atoms. The minimum absolute atomic E-state index is 0.0176. The van der Waals surface area contributed by atoms with Gasteiger partial charge >= 0.3 is 5.97 Å². The highest BCUT2D eigenvalue weighted by Crippen LogP contribution is 2.28. The second-order valence-electron chi connectivity index (χ2n) is 5.58. The average molecular weight is 416 g/mol. The molecule has 0 saturated heterocycles. The molecule has 0 radical (unpaired) electrons. The molecule has 1 aromatic carbocycles. The van der Waals surface area contributed by atoms with Gasteiger partial charge in [-0.3, -0.25) is 14.6 Å². The molecule has 0 fully saturated rings. The van der Waals surface area contributed by atoms with Gasteiger partial charge in [-0.15, -0.1) is 0 Å². The molecule has 7 heteroatoms. The molecule has 0 unspecified atom stereocenters. The van der Waals surface area contributed by atoms with Crippen molar-refractivity contribution in [2.24, 2.45) is 0 Å². The summed E-state index contributed by atoms with van der Waals surface area (Å²) in [5.41, 5.74) is 1.18. The normalized spacial score (nSPS) is 13.5. The van der Waals surface area contributed by atoms with Gasteiger partial charge in [0.15, 0.2) is 11.5 Å². The Kier molecular flexibility index (Phi) is 4.99. The molecular weight excluding hydrogens is 402 g/mol. The summed E-state index contributed by atoms with van der Waals surface area (Å²) in [5.74, 6) is -1.32. The van der Waals surface area contributed by atoms with Crippen LogP contribution >= 0.6 is 15.9 Å². The first-order valence-corrected chi connectivity index (χ1v) is 8.48. The van der Waals surface area contributed by atoms with Crippen molar-refractivity contribution in [2.75, 3.05) is 7.11 Å². The number of Topliss-reactive ketones (excluding diaryl/α,β-unsaturated/α-hetero) is 2. The zero-order valence-electron chi connectivity index (χ0n) is 14.0. The number of aromatic nitrogens is 1. The number of benzene rings is 1. The van der Waals surface area contributed by atoms with E-state index in [1.807, 2.05) is 0 Å². The maximum absolute atomic E-state index is 12.7. The van der Waals surface area contributed by atoms with Gasteiger partial charge in [0.1, 0.15) is 6.61 Å². The van der Waals surface area contributed by atoms with Crippen molar-refractivity contribution in [3.8, 4) is 0 Å². The van der Waals surface area contributed by atoms with Crippen LogP contribution in [-0.2, 0) is 16.1 Å². The fourth-order valence-corrected chi connectivity index (χ4v) is 2.96. The monoisotopic (exact) mass is 415 g/mol. The number of ketones is 2. The largest absolute Gasteiger partial charge is 0.492 e. The smallest absolute Gasteiger partial charge is 0.338 e. The number of methoxy groups -OCH3 is 1. The van der Waals surface area contributed by atoms with E-state index in [0.29, 0.717) is 5.56 Å². The summed E-state index contributed by atoms with van der Waals surface area (Å²) in [6.45, 7) is 1.31. The Labute approximate surface area is 158 Å². The Morgan fingerprint density at radius 3 is 2.46 bits per heavy atom. The van der Waals surface area contributed by atoms with Gasteiger partial charge in [-0.1, -0.05) is 15.9 Å². The van der Waals surface area contributed by atoms with Crippen molar-refractivity contribution in [3.05, 3.63) is 74.7 Å². The number of rotatable bonds is 4. The number of carbonyl (C=O) groups is 3. The molecule has 1 aromatic heterocycles. The van der Waals surface area contributed by atoms with E-state index in [-0.39, 0.29) is 40.5 Å². The van der Waals surface area contributed by atoms with Gasteiger partial charge in [0, 0.05) is 21.8 Å². The van der Waals surface area contributed by atoms with Crippen molar-refractivity contribution in [1.82, 2.24) is 4.98 Å². The number of hydrogen-bond donors (Lipinski definition) is 0. The fraction of sp³-hybridized carbons (Fsp3) is 0.158. The van der Waals surface area contributed by atoms with Crippen LogP contribution in [0.5, 0.6) is 0 Å². The lowest BCUT2D eigenvalue weighted by molar-refractivity contribution is 0.0465. The second-order valence-corrected chi connectivity index (χ2v) is 6.50. The molecule has 0 spiro atoms. The van der Waals surface area contributed by atoms with Gasteiger partial charge in [0.25, 0.3) is 0 Å². The Morgan fingerprint density at radius 2 is 1.81 bits per heavy atom. The van der Waals surface area contributed by atoms with Gasteiger partial charge in [-0.25, -0.2) is 4.79 Å². The van der Waals surface area contributed by atoms with E-state index in [1.165, 1.54) is 26.3 Å². The summed E-state index contributed by atoms with van der Waals surface area (Å²) in [6, 6.07) is 8.15. The van der Waals surface area contributed by atoms with E-state index in [9.17, 15) is 14.4 Å². The van der Waals surface area contributed by atoms with Crippen LogP contribution in [0.4, 0.5) is 0 Å². The highest BCUT2D eigenvalue weighted by atomic mass is 79.9. The van der Waals surface area contributed by atoms with Gasteiger partial charge in [0.2, 0.25) is 5.78 Å². The summed E-state index contributed by atoms with van der Waals surface area (Å²) in [6.07, 6.45) is 1.41. The number of hydrogen-bond acceptors (Lipinski definition) is 6. The maximum atomic E-state index is 12.7. The third-order valence-corrected chi connectivity index (χ3v) is 4.54. The number of allylic oxidation sites excluding steroid dienone is 2. The quantitative estimate of drug-likeness (QED) is 0.710. The molecule has 1 aliphatic carbocycles. The predicted octanol–water partition coefficient (Wildman–Crippen LogP) is 3.50. The summed E-state index contributed by atoms with van der Waals surface area (Å²) < 4.78 is 11.2. The number of esters is 1. The van der Waals surface area contributed by atoms with Gasteiger partial charge in [-0.05, 0) is 37.3 Å². The van der Waals surface area contributed by atoms with Crippen LogP contribution in [0, 0.1) is 0 Å². The summed E-state index contributed by atoms with van der Waals surface area (Å²) in [4.78, 5) is 41.4. The van der Waals surface area contributed by atoms with Gasteiger partial charge in [0.05, 0.1) is 23.9 Å². The summed E-state index contributed by atoms with van der Waals surface area (Å²) in [7, 11) is 1.33. The lowest BCUT2D eigenvalue weighted by Crippen LogP contribution is -2.24. The Balaban J connectivity index is 1.88. The van der Waals surface area contributed by atoms with Gasteiger partial charge < -0.3 is 9.47 Å². The van der Waals surface area contributed by atoms with Crippen LogP contribution in [0.25, 0.3) is 0 Å². The highest BCUT2D eigenvalue weighted by molar-refractivity contribution is 9.10. The van der Waals surface area contributed by atoms with Crippen LogP contribution in [0.1, 0.15) is 43.7 Å². The highest BCUT2D eigenvalue weighted by Gasteiger charge is 2.33. The number of nitrogens with zero attached hydrogens (tertiary/aromatic N) is 1. The topological polar surface area (TPSA) is 82.6 Å². The number of carbonyl (C=O) groups excluding carboxylic acids is 3. The molecule has 0 atom stereocenters. The molecule has 132 valence electrons. The van der Waals surface area contributed by atoms with E-state index < -0.39 is 11.8 Å². The molecular formula is C19H14BrNO5. The molecule has 0 N–H and O–H groups in total. The molecule has 6 nitrogen and oxygen atoms in total. The Bertz CT molecular complexity index is 947. The van der Waals surface area contributed by atoms with Gasteiger partial charge in [-0.2, -0.15) is 0 Å². The molecule has 3 rings (SSSR count). The summed E-state index contributed by atoms with van der Waals surface area (Å²) >= 11 is 3.29. The third kappa shape index (κ3) is 3.17. The SMILES string of the molecule is COC1=C(C)C(=O)c2ccnc(COC(=O)c3ccc(Br)cc3)c2C1=O. The van der Waals surface area contributed by atoms with Crippen molar-refractivity contribution < 1.29 is 23.9 Å². The van der Waals surface area contributed by atoms with Crippen LogP contribution in [0.15, 0.2) is 52.3 Å². The first-order valence-electron chi connectivity index (χ1n) is 7.69. The van der Waals surface area contributed by atoms with Crippen molar-refractivity contribution in [3.63, 3.8) is 0 Å². The fourth-order valence-electron chi connectivity index (χ4n) is 2.70. The second kappa shape index (κ2) is 7.21. The van der Waals surface area contributed by atoms with E-state index in [0.717, 1.165) is 4.47 Å². The van der Waals surface area contributed by atoms with Crippen LogP contribution in [-0.4, -0.2) is 29.6 Å². The first-order chi connectivity index (χ1) is 12.4. The zero-order chi connectivity index (χ0) is 18.8. The third-order valence-electron chi connectivity index (χ3n) is 4.01. The molecule has 0 amide bonds. The van der Waals surface area contributed by atoms with Crippen LogP contribution < -0.4 is 0 Å². The lowest BCUT2D eigenvalue weighted by Gasteiger charge is -2.19. The van der Waals surface area contributed by atoms with E-state index in [1.54, 1.807) is 24.3 Å². The van der Waals surface area contributed by atoms with Crippen molar-refractivity contribution >= 4 is 33.5 Å². The van der Waals surface area contributed by atoms with Crippen molar-refractivity contribution in [1.29, 1.82) is 0 Å². The molecule has 0 saturated carbocycles. The standard InChI is InChI=1S/C19H14BrNO5/c1-10-16(22)13-7-8-21-14(15(13)17(23)18(10)25-2)9-26-19(24)11-3-5-12(20)6-4-11/h3-8H,9H2,1-2H3. The molecule has 0 bridgehead atoms. The average Bonchev–Trinajstić information content (AvgIpc) is 2.65. The minimum atomic E-state index is -0.551.